The second kappa shape index (κ2) is 6.23. The van der Waals surface area contributed by atoms with Gasteiger partial charge >= 0.3 is 0 Å². The smallest absolute Gasteiger partial charge is 0.176 e. The molecule has 2 N–H and O–H groups in total. The third-order valence-electron chi connectivity index (χ3n) is 5.04. The van der Waals surface area contributed by atoms with Crippen LogP contribution in [-0.2, 0) is 5.41 Å². The molecule has 1 aliphatic carbocycles. The van der Waals surface area contributed by atoms with Crippen molar-refractivity contribution in [2.75, 3.05) is 0 Å². The summed E-state index contributed by atoms with van der Waals surface area (Å²) in [5.74, 6) is -1.73. The lowest BCUT2D eigenvalue weighted by Crippen LogP contribution is -2.53. The van der Waals surface area contributed by atoms with E-state index in [2.05, 4.69) is 0 Å². The predicted molar refractivity (Wildman–Crippen MR) is 88.5 cm³/mol. The normalized spacial score (nSPS) is 20.8. The molecule has 0 heterocycles. The van der Waals surface area contributed by atoms with Gasteiger partial charge in [0.2, 0.25) is 0 Å². The summed E-state index contributed by atoms with van der Waals surface area (Å²) in [6, 6.07) is 20.0. The van der Waals surface area contributed by atoms with Gasteiger partial charge in [-0.15, -0.1) is 0 Å². The van der Waals surface area contributed by atoms with Gasteiger partial charge in [0.05, 0.1) is 5.41 Å². The standard InChI is InChI=1S/C20H24O2/c21-20(22)16-10-2-1-9-15-19(20,17-11-5-3-6-12-17)18-13-7-4-8-14-18/h3-8,11-14,21-22H,1-2,9-10,15-16H2. The zero-order chi connectivity index (χ0) is 15.5. The first-order valence-corrected chi connectivity index (χ1v) is 8.23. The average Bonchev–Trinajstić information content (AvgIpc) is 2.54. The first-order valence-electron chi connectivity index (χ1n) is 8.23. The first-order chi connectivity index (χ1) is 10.7. The molecular weight excluding hydrogens is 272 g/mol. The fourth-order valence-electron chi connectivity index (χ4n) is 3.89. The molecule has 0 bridgehead atoms. The Morgan fingerprint density at radius 3 is 1.55 bits per heavy atom. The quantitative estimate of drug-likeness (QED) is 0.822. The van der Waals surface area contributed by atoms with Crippen molar-refractivity contribution in [3.05, 3.63) is 71.8 Å². The van der Waals surface area contributed by atoms with Gasteiger partial charge in [-0.1, -0.05) is 79.9 Å². The zero-order valence-corrected chi connectivity index (χ0v) is 12.9. The summed E-state index contributed by atoms with van der Waals surface area (Å²) in [7, 11) is 0. The van der Waals surface area contributed by atoms with E-state index in [0.717, 1.165) is 43.2 Å². The van der Waals surface area contributed by atoms with E-state index in [-0.39, 0.29) is 0 Å². The molecule has 0 aromatic heterocycles. The molecule has 22 heavy (non-hydrogen) atoms. The lowest BCUT2D eigenvalue weighted by atomic mass is 9.63. The third-order valence-corrected chi connectivity index (χ3v) is 5.04. The number of benzene rings is 2. The maximum absolute atomic E-state index is 11.1. The zero-order valence-electron chi connectivity index (χ0n) is 12.9. The van der Waals surface area contributed by atoms with Crippen LogP contribution in [0.5, 0.6) is 0 Å². The second-order valence-corrected chi connectivity index (χ2v) is 6.37. The minimum atomic E-state index is -1.73. The van der Waals surface area contributed by atoms with Crippen LogP contribution in [0, 0.1) is 0 Å². The van der Waals surface area contributed by atoms with Crippen molar-refractivity contribution in [3.63, 3.8) is 0 Å². The number of hydrogen-bond acceptors (Lipinski definition) is 2. The molecule has 2 nitrogen and oxygen atoms in total. The Kier molecular flexibility index (Phi) is 4.32. The molecule has 2 aromatic rings. The number of aliphatic hydroxyl groups is 2. The minimum Gasteiger partial charge on any atom is -0.365 e. The van der Waals surface area contributed by atoms with E-state index in [0.29, 0.717) is 6.42 Å². The van der Waals surface area contributed by atoms with Crippen molar-refractivity contribution in [1.29, 1.82) is 0 Å². The highest BCUT2D eigenvalue weighted by Gasteiger charge is 2.51. The summed E-state index contributed by atoms with van der Waals surface area (Å²) in [5.41, 5.74) is 1.23. The van der Waals surface area contributed by atoms with E-state index >= 15 is 0 Å². The Hall–Kier alpha value is -1.64. The van der Waals surface area contributed by atoms with E-state index < -0.39 is 11.2 Å². The summed E-state index contributed by atoms with van der Waals surface area (Å²) in [5, 5.41) is 22.1. The molecule has 2 heteroatoms. The molecule has 1 aliphatic rings. The molecule has 0 radical (unpaired) electrons. The van der Waals surface area contributed by atoms with E-state index in [1.807, 2.05) is 60.7 Å². The van der Waals surface area contributed by atoms with Gasteiger partial charge < -0.3 is 10.2 Å². The van der Waals surface area contributed by atoms with Gasteiger partial charge in [0.25, 0.3) is 0 Å². The Morgan fingerprint density at radius 1 is 0.591 bits per heavy atom. The van der Waals surface area contributed by atoms with Crippen molar-refractivity contribution in [3.8, 4) is 0 Å². The fourth-order valence-corrected chi connectivity index (χ4v) is 3.89. The van der Waals surface area contributed by atoms with Crippen molar-refractivity contribution in [2.24, 2.45) is 0 Å². The Bertz CT molecular complexity index is 550. The van der Waals surface area contributed by atoms with Gasteiger partial charge in [-0.25, -0.2) is 0 Å². The van der Waals surface area contributed by atoms with Crippen LogP contribution in [0.2, 0.25) is 0 Å². The molecule has 0 amide bonds. The van der Waals surface area contributed by atoms with Crippen LogP contribution in [0.25, 0.3) is 0 Å². The third kappa shape index (κ3) is 2.57. The van der Waals surface area contributed by atoms with Crippen molar-refractivity contribution >= 4 is 0 Å². The Morgan fingerprint density at radius 2 is 1.05 bits per heavy atom. The van der Waals surface area contributed by atoms with Crippen molar-refractivity contribution < 1.29 is 10.2 Å². The van der Waals surface area contributed by atoms with Crippen LogP contribution < -0.4 is 0 Å². The molecule has 1 saturated carbocycles. The summed E-state index contributed by atoms with van der Waals surface area (Å²) >= 11 is 0. The summed E-state index contributed by atoms with van der Waals surface area (Å²) in [6.45, 7) is 0. The highest BCUT2D eigenvalue weighted by molar-refractivity contribution is 5.42. The lowest BCUT2D eigenvalue weighted by Gasteiger charge is -2.46. The van der Waals surface area contributed by atoms with Gasteiger partial charge in [0, 0.05) is 6.42 Å². The molecule has 3 rings (SSSR count). The van der Waals surface area contributed by atoms with Gasteiger partial charge in [0.1, 0.15) is 0 Å². The molecule has 116 valence electrons. The molecule has 0 saturated heterocycles. The van der Waals surface area contributed by atoms with Crippen molar-refractivity contribution in [1.82, 2.24) is 0 Å². The molecule has 0 spiro atoms. The summed E-state index contributed by atoms with van der Waals surface area (Å²) < 4.78 is 0. The van der Waals surface area contributed by atoms with Gasteiger partial charge in [-0.05, 0) is 24.0 Å². The average molecular weight is 296 g/mol. The van der Waals surface area contributed by atoms with Crippen LogP contribution >= 0.6 is 0 Å². The van der Waals surface area contributed by atoms with Crippen LogP contribution in [0.4, 0.5) is 0 Å². The Labute approximate surface area is 132 Å². The van der Waals surface area contributed by atoms with Crippen LogP contribution in [0.15, 0.2) is 60.7 Å². The van der Waals surface area contributed by atoms with Gasteiger partial charge in [-0.3, -0.25) is 0 Å². The lowest BCUT2D eigenvalue weighted by molar-refractivity contribution is -0.212. The van der Waals surface area contributed by atoms with Gasteiger partial charge in [-0.2, -0.15) is 0 Å². The van der Waals surface area contributed by atoms with E-state index in [4.69, 9.17) is 0 Å². The fraction of sp³-hybridized carbons (Fsp3) is 0.400. The maximum Gasteiger partial charge on any atom is 0.176 e. The largest absolute Gasteiger partial charge is 0.365 e. The van der Waals surface area contributed by atoms with E-state index in [1.165, 1.54) is 0 Å². The first kappa shape index (κ1) is 15.3. The summed E-state index contributed by atoms with van der Waals surface area (Å²) in [6.07, 6.45) is 5.26. The van der Waals surface area contributed by atoms with E-state index in [1.54, 1.807) is 0 Å². The van der Waals surface area contributed by atoms with Crippen LogP contribution in [0.3, 0.4) is 0 Å². The molecule has 0 aliphatic heterocycles. The highest BCUT2D eigenvalue weighted by atomic mass is 16.5. The molecule has 2 aromatic carbocycles. The second-order valence-electron chi connectivity index (χ2n) is 6.37. The molecule has 0 unspecified atom stereocenters. The van der Waals surface area contributed by atoms with Gasteiger partial charge in [0.15, 0.2) is 5.79 Å². The highest BCUT2D eigenvalue weighted by Crippen LogP contribution is 2.48. The van der Waals surface area contributed by atoms with Crippen LogP contribution in [0.1, 0.15) is 49.7 Å². The SMILES string of the molecule is OC1(O)CCCCCCC1(c1ccccc1)c1ccccc1. The van der Waals surface area contributed by atoms with Crippen LogP contribution in [-0.4, -0.2) is 16.0 Å². The number of hydrogen-bond donors (Lipinski definition) is 2. The molecule has 1 fully saturated rings. The minimum absolute atomic E-state index is 0.413. The topological polar surface area (TPSA) is 40.5 Å². The van der Waals surface area contributed by atoms with Crippen molar-refractivity contribution in [2.45, 2.75) is 49.7 Å². The monoisotopic (exact) mass is 296 g/mol. The molecular formula is C20H24O2. The van der Waals surface area contributed by atoms with E-state index in [9.17, 15) is 10.2 Å². The Balaban J connectivity index is 2.21. The predicted octanol–water partition coefficient (Wildman–Crippen LogP) is 4.01. The summed E-state index contributed by atoms with van der Waals surface area (Å²) in [4.78, 5) is 0. The molecule has 0 atom stereocenters. The maximum atomic E-state index is 11.1. The number of rotatable bonds is 2.